The van der Waals surface area contributed by atoms with Crippen LogP contribution in [0.4, 0.5) is 0 Å². The number of para-hydroxylation sites is 1. The minimum Gasteiger partial charge on any atom is -0.348 e. The highest BCUT2D eigenvalue weighted by molar-refractivity contribution is 5.95. The van der Waals surface area contributed by atoms with E-state index in [4.69, 9.17) is 0 Å². The summed E-state index contributed by atoms with van der Waals surface area (Å²) in [6.45, 7) is 0.519. The van der Waals surface area contributed by atoms with Gasteiger partial charge in [-0.15, -0.1) is 0 Å². The fraction of sp³-hybridized carbons (Fsp3) is 0.0588. The van der Waals surface area contributed by atoms with Gasteiger partial charge >= 0.3 is 0 Å². The van der Waals surface area contributed by atoms with Gasteiger partial charge in [0.05, 0.1) is 11.2 Å². The molecule has 2 N–H and O–H groups in total. The Morgan fingerprint density at radius 2 is 1.86 bits per heavy atom. The van der Waals surface area contributed by atoms with E-state index in [1.807, 2.05) is 54.6 Å². The first kappa shape index (κ1) is 13.1. The Hall–Kier alpha value is -2.88. The largest absolute Gasteiger partial charge is 0.348 e. The quantitative estimate of drug-likeness (QED) is 0.720. The average Bonchev–Trinajstić information content (AvgIpc) is 2.95. The Labute approximate surface area is 122 Å². The zero-order chi connectivity index (χ0) is 14.5. The van der Waals surface area contributed by atoms with Crippen molar-refractivity contribution < 1.29 is 4.79 Å². The lowest BCUT2D eigenvalue weighted by Gasteiger charge is -2.01. The molecule has 0 unspecified atom stereocenters. The number of hydrogen-bond acceptors (Lipinski definition) is 2. The highest BCUT2D eigenvalue weighted by atomic mass is 16.1. The number of carbonyl (C=O) groups is 1. The van der Waals surface area contributed by atoms with Crippen LogP contribution in [0.2, 0.25) is 0 Å². The van der Waals surface area contributed by atoms with E-state index in [1.54, 1.807) is 6.08 Å². The molecule has 0 spiro atoms. The SMILES string of the molecule is O=C(/C=C/c1n[nH]c2ccccc12)NCc1ccccc1. The van der Waals surface area contributed by atoms with Crippen molar-refractivity contribution in [3.63, 3.8) is 0 Å². The smallest absolute Gasteiger partial charge is 0.244 e. The second kappa shape index (κ2) is 6.05. The van der Waals surface area contributed by atoms with E-state index in [1.165, 1.54) is 6.08 Å². The minimum atomic E-state index is -0.133. The molecule has 0 aliphatic rings. The third-order valence-corrected chi connectivity index (χ3v) is 3.20. The Kier molecular flexibility index (Phi) is 3.78. The zero-order valence-corrected chi connectivity index (χ0v) is 11.4. The van der Waals surface area contributed by atoms with Crippen LogP contribution in [0.1, 0.15) is 11.3 Å². The van der Waals surface area contributed by atoms with Crippen molar-refractivity contribution in [1.29, 1.82) is 0 Å². The molecule has 1 aromatic heterocycles. The van der Waals surface area contributed by atoms with Gasteiger partial charge in [0.15, 0.2) is 0 Å². The third-order valence-electron chi connectivity index (χ3n) is 3.20. The highest BCUT2D eigenvalue weighted by Gasteiger charge is 2.02. The molecular weight excluding hydrogens is 262 g/mol. The molecule has 21 heavy (non-hydrogen) atoms. The predicted molar refractivity (Wildman–Crippen MR) is 83.4 cm³/mol. The summed E-state index contributed by atoms with van der Waals surface area (Å²) in [5.41, 5.74) is 2.80. The van der Waals surface area contributed by atoms with Crippen molar-refractivity contribution in [2.75, 3.05) is 0 Å². The fourth-order valence-electron chi connectivity index (χ4n) is 2.11. The summed E-state index contributed by atoms with van der Waals surface area (Å²) in [7, 11) is 0. The molecule has 3 rings (SSSR count). The van der Waals surface area contributed by atoms with Crippen LogP contribution in [-0.2, 0) is 11.3 Å². The van der Waals surface area contributed by atoms with Crippen LogP contribution in [0, 0.1) is 0 Å². The molecule has 0 aliphatic carbocycles. The molecule has 0 saturated carbocycles. The van der Waals surface area contributed by atoms with Crippen LogP contribution >= 0.6 is 0 Å². The minimum absolute atomic E-state index is 0.133. The van der Waals surface area contributed by atoms with Crippen LogP contribution in [0.15, 0.2) is 60.7 Å². The number of nitrogens with zero attached hydrogens (tertiary/aromatic N) is 1. The Morgan fingerprint density at radius 3 is 2.71 bits per heavy atom. The van der Waals surface area contributed by atoms with Gasteiger partial charge < -0.3 is 5.32 Å². The number of aromatic nitrogens is 2. The van der Waals surface area contributed by atoms with Crippen LogP contribution in [0.3, 0.4) is 0 Å². The molecule has 1 heterocycles. The molecule has 0 bridgehead atoms. The van der Waals surface area contributed by atoms with Crippen molar-refractivity contribution in [1.82, 2.24) is 15.5 Å². The number of nitrogens with one attached hydrogen (secondary N) is 2. The topological polar surface area (TPSA) is 57.8 Å². The molecule has 0 fully saturated rings. The molecule has 0 saturated heterocycles. The van der Waals surface area contributed by atoms with E-state index < -0.39 is 0 Å². The van der Waals surface area contributed by atoms with Crippen molar-refractivity contribution in [3.05, 3.63) is 71.9 Å². The summed E-state index contributed by atoms with van der Waals surface area (Å²) in [5.74, 6) is -0.133. The van der Waals surface area contributed by atoms with Gasteiger partial charge in [-0.05, 0) is 17.7 Å². The number of benzene rings is 2. The molecule has 3 aromatic rings. The number of amides is 1. The van der Waals surface area contributed by atoms with Gasteiger partial charge in [0.2, 0.25) is 5.91 Å². The third kappa shape index (κ3) is 3.17. The maximum absolute atomic E-state index is 11.8. The lowest BCUT2D eigenvalue weighted by Crippen LogP contribution is -2.20. The molecule has 0 aliphatic heterocycles. The van der Waals surface area contributed by atoms with Crippen LogP contribution < -0.4 is 5.32 Å². The number of rotatable bonds is 4. The van der Waals surface area contributed by atoms with Crippen molar-refractivity contribution in [2.24, 2.45) is 0 Å². The average molecular weight is 277 g/mol. The molecule has 2 aromatic carbocycles. The van der Waals surface area contributed by atoms with Gasteiger partial charge in [-0.25, -0.2) is 0 Å². The summed E-state index contributed by atoms with van der Waals surface area (Å²) in [5, 5.41) is 11.0. The first-order valence-corrected chi connectivity index (χ1v) is 6.76. The Bertz CT molecular complexity index is 775. The molecule has 0 radical (unpaired) electrons. The molecule has 104 valence electrons. The standard InChI is InChI=1S/C17H15N3O/c21-17(18-12-13-6-2-1-3-7-13)11-10-16-14-8-4-5-9-15(14)19-20-16/h1-11H,12H2,(H,18,21)(H,19,20)/b11-10+. The lowest BCUT2D eigenvalue weighted by atomic mass is 10.2. The fourth-order valence-corrected chi connectivity index (χ4v) is 2.11. The van der Waals surface area contributed by atoms with Crippen LogP contribution in [0.25, 0.3) is 17.0 Å². The summed E-state index contributed by atoms with van der Waals surface area (Å²) in [6.07, 6.45) is 3.23. The van der Waals surface area contributed by atoms with Gasteiger partial charge in [0.1, 0.15) is 0 Å². The van der Waals surface area contributed by atoms with Gasteiger partial charge in [0, 0.05) is 18.0 Å². The summed E-state index contributed by atoms with van der Waals surface area (Å²) in [6, 6.07) is 17.6. The summed E-state index contributed by atoms with van der Waals surface area (Å²) in [4.78, 5) is 11.8. The van der Waals surface area contributed by atoms with E-state index in [-0.39, 0.29) is 5.91 Å². The van der Waals surface area contributed by atoms with E-state index in [0.29, 0.717) is 6.54 Å². The molecule has 1 amide bonds. The highest BCUT2D eigenvalue weighted by Crippen LogP contribution is 2.15. The predicted octanol–water partition coefficient (Wildman–Crippen LogP) is 2.89. The van der Waals surface area contributed by atoms with E-state index in [9.17, 15) is 4.79 Å². The normalized spacial score (nSPS) is 11.0. The number of fused-ring (bicyclic) bond motifs is 1. The van der Waals surface area contributed by atoms with Crippen LogP contribution in [-0.4, -0.2) is 16.1 Å². The van der Waals surface area contributed by atoms with E-state index >= 15 is 0 Å². The second-order valence-corrected chi connectivity index (χ2v) is 4.69. The van der Waals surface area contributed by atoms with Crippen molar-refractivity contribution >= 4 is 22.9 Å². The Morgan fingerprint density at radius 1 is 1.10 bits per heavy atom. The first-order valence-electron chi connectivity index (χ1n) is 6.76. The van der Waals surface area contributed by atoms with E-state index in [0.717, 1.165) is 22.2 Å². The van der Waals surface area contributed by atoms with Gasteiger partial charge in [0.25, 0.3) is 0 Å². The number of carbonyl (C=O) groups excluding carboxylic acids is 1. The summed E-state index contributed by atoms with van der Waals surface area (Å²) >= 11 is 0. The van der Waals surface area contributed by atoms with Crippen LogP contribution in [0.5, 0.6) is 0 Å². The molecular formula is C17H15N3O. The summed E-state index contributed by atoms with van der Waals surface area (Å²) < 4.78 is 0. The maximum Gasteiger partial charge on any atom is 0.244 e. The molecule has 4 nitrogen and oxygen atoms in total. The second-order valence-electron chi connectivity index (χ2n) is 4.69. The first-order chi connectivity index (χ1) is 10.3. The van der Waals surface area contributed by atoms with Gasteiger partial charge in [-0.2, -0.15) is 5.10 Å². The van der Waals surface area contributed by atoms with E-state index in [2.05, 4.69) is 15.5 Å². The maximum atomic E-state index is 11.8. The van der Waals surface area contributed by atoms with Gasteiger partial charge in [-0.3, -0.25) is 9.89 Å². The van der Waals surface area contributed by atoms with Gasteiger partial charge in [-0.1, -0.05) is 48.5 Å². The molecule has 4 heteroatoms. The number of aromatic amines is 1. The number of hydrogen-bond donors (Lipinski definition) is 2. The number of H-pyrrole nitrogens is 1. The van der Waals surface area contributed by atoms with Crippen molar-refractivity contribution in [3.8, 4) is 0 Å². The zero-order valence-electron chi connectivity index (χ0n) is 11.4. The Balaban J connectivity index is 1.64. The molecule has 0 atom stereocenters. The monoisotopic (exact) mass is 277 g/mol. The lowest BCUT2D eigenvalue weighted by molar-refractivity contribution is -0.116. The van der Waals surface area contributed by atoms with Crippen molar-refractivity contribution in [2.45, 2.75) is 6.54 Å².